The van der Waals surface area contributed by atoms with Gasteiger partial charge in [0.15, 0.2) is 18.1 Å². The predicted octanol–water partition coefficient (Wildman–Crippen LogP) is 3.49. The fourth-order valence-electron chi connectivity index (χ4n) is 3.47. The van der Waals surface area contributed by atoms with E-state index in [4.69, 9.17) is 22.1 Å². The highest BCUT2D eigenvalue weighted by Gasteiger charge is 2.14. The second-order valence-corrected chi connectivity index (χ2v) is 7.98. The van der Waals surface area contributed by atoms with Crippen LogP contribution in [0.5, 0.6) is 0 Å². The fraction of sp³-hybridized carbons (Fsp3) is 0.273. The molecule has 3 aromatic heterocycles. The van der Waals surface area contributed by atoms with E-state index in [2.05, 4.69) is 30.4 Å². The lowest BCUT2D eigenvalue weighted by atomic mass is 10.1. The number of halogens is 1. The van der Waals surface area contributed by atoms with E-state index in [0.717, 1.165) is 34.0 Å². The lowest BCUT2D eigenvalue weighted by Crippen LogP contribution is -2.12. The zero-order valence-corrected chi connectivity index (χ0v) is 19.2. The number of aryl methyl sites for hydroxylation is 3. The third-order valence-corrected chi connectivity index (χ3v) is 5.28. The number of hydrogen-bond donors (Lipinski definition) is 2. The number of carbonyl (C=O) groups excluding carboxylic acids is 1. The van der Waals surface area contributed by atoms with Gasteiger partial charge in [-0.3, -0.25) is 4.79 Å². The highest BCUT2D eigenvalue weighted by Crippen LogP contribution is 2.19. The van der Waals surface area contributed by atoms with Crippen molar-refractivity contribution in [2.75, 3.05) is 11.1 Å². The van der Waals surface area contributed by atoms with Crippen molar-refractivity contribution in [1.29, 1.82) is 0 Å². The molecule has 0 bridgehead atoms. The van der Waals surface area contributed by atoms with Crippen LogP contribution >= 0.6 is 11.6 Å². The zero-order valence-electron chi connectivity index (χ0n) is 18.5. The van der Waals surface area contributed by atoms with E-state index >= 15 is 0 Å². The average molecular weight is 467 g/mol. The molecule has 170 valence electrons. The molecule has 0 aliphatic heterocycles. The summed E-state index contributed by atoms with van der Waals surface area (Å²) in [4.78, 5) is 29.3. The Morgan fingerprint density at radius 1 is 1.12 bits per heavy atom. The van der Waals surface area contributed by atoms with Crippen molar-refractivity contribution in [2.45, 2.75) is 40.2 Å². The van der Waals surface area contributed by atoms with Gasteiger partial charge in [-0.05, 0) is 57.0 Å². The number of hydrogen-bond acceptors (Lipinski definition) is 9. The third-order valence-electron chi connectivity index (χ3n) is 5.03. The van der Waals surface area contributed by atoms with Gasteiger partial charge in [0.1, 0.15) is 0 Å². The summed E-state index contributed by atoms with van der Waals surface area (Å²) < 4.78 is 7.16. The van der Waals surface area contributed by atoms with Crippen LogP contribution in [0.3, 0.4) is 0 Å². The van der Waals surface area contributed by atoms with Crippen LogP contribution in [0.2, 0.25) is 5.02 Å². The Labute approximate surface area is 195 Å². The Hall–Kier alpha value is -3.79. The van der Waals surface area contributed by atoms with Crippen molar-refractivity contribution in [1.82, 2.24) is 29.5 Å². The molecule has 11 heteroatoms. The summed E-state index contributed by atoms with van der Waals surface area (Å²) >= 11 is 5.90. The minimum atomic E-state index is -0.378. The largest absolute Gasteiger partial charge is 0.457 e. The van der Waals surface area contributed by atoms with E-state index < -0.39 is 0 Å². The summed E-state index contributed by atoms with van der Waals surface area (Å²) in [5.74, 6) is 0.134. The first-order chi connectivity index (χ1) is 15.8. The van der Waals surface area contributed by atoms with Crippen LogP contribution < -0.4 is 11.1 Å². The van der Waals surface area contributed by atoms with Crippen molar-refractivity contribution in [3.8, 4) is 0 Å². The highest BCUT2D eigenvalue weighted by molar-refractivity contribution is 6.30. The fourth-order valence-corrected chi connectivity index (χ4v) is 3.59. The first-order valence-corrected chi connectivity index (χ1v) is 10.7. The first-order valence-electron chi connectivity index (χ1n) is 10.3. The van der Waals surface area contributed by atoms with Crippen molar-refractivity contribution < 1.29 is 9.53 Å². The van der Waals surface area contributed by atoms with Crippen LogP contribution in [0.4, 0.5) is 17.6 Å². The Balaban J connectivity index is 1.37. The van der Waals surface area contributed by atoms with Crippen molar-refractivity contribution in [3.63, 3.8) is 0 Å². The molecule has 0 radical (unpaired) electrons. The summed E-state index contributed by atoms with van der Waals surface area (Å²) in [6, 6.07) is 8.96. The molecule has 0 atom stereocenters. The Morgan fingerprint density at radius 2 is 1.88 bits per heavy atom. The van der Waals surface area contributed by atoms with Crippen molar-refractivity contribution in [2.24, 2.45) is 0 Å². The summed E-state index contributed by atoms with van der Waals surface area (Å²) in [6.07, 6.45) is 0.673. The second kappa shape index (κ2) is 9.37. The number of nitrogen functional groups attached to an aromatic ring is 1. The van der Waals surface area contributed by atoms with E-state index in [0.29, 0.717) is 11.4 Å². The molecular formula is C22H23ClN8O2. The summed E-state index contributed by atoms with van der Waals surface area (Å²) in [5, 5.41) is 8.09. The van der Waals surface area contributed by atoms with Gasteiger partial charge < -0.3 is 15.8 Å². The maximum absolute atomic E-state index is 12.4. The number of carbonyl (C=O) groups is 1. The molecule has 0 saturated heterocycles. The maximum Gasteiger partial charge on any atom is 0.306 e. The molecule has 0 aliphatic rings. The number of aromatic nitrogens is 6. The van der Waals surface area contributed by atoms with Crippen LogP contribution in [0.1, 0.15) is 34.9 Å². The molecule has 1 aromatic carbocycles. The van der Waals surface area contributed by atoms with Gasteiger partial charge in [-0.15, -0.1) is 0 Å². The smallest absolute Gasteiger partial charge is 0.306 e. The molecule has 3 N–H and O–H groups in total. The zero-order chi connectivity index (χ0) is 23.5. The molecule has 0 spiro atoms. The normalized spacial score (nSPS) is 11.0. The molecule has 3 heterocycles. The summed E-state index contributed by atoms with van der Waals surface area (Å²) in [7, 11) is 0. The van der Waals surface area contributed by atoms with Crippen LogP contribution in [-0.4, -0.2) is 35.5 Å². The molecule has 0 amide bonds. The van der Waals surface area contributed by atoms with Crippen molar-refractivity contribution >= 4 is 40.8 Å². The van der Waals surface area contributed by atoms with Crippen LogP contribution in [0.15, 0.2) is 30.3 Å². The third kappa shape index (κ3) is 5.35. The van der Waals surface area contributed by atoms with Gasteiger partial charge in [-0.25, -0.2) is 9.50 Å². The van der Waals surface area contributed by atoms with E-state index in [1.54, 1.807) is 28.8 Å². The second-order valence-electron chi connectivity index (χ2n) is 7.54. The van der Waals surface area contributed by atoms with Gasteiger partial charge in [0.25, 0.3) is 0 Å². The van der Waals surface area contributed by atoms with E-state index in [1.165, 1.54) is 0 Å². The van der Waals surface area contributed by atoms with Crippen LogP contribution in [-0.2, 0) is 22.6 Å². The monoisotopic (exact) mass is 466 g/mol. The quantitative estimate of drug-likeness (QED) is 0.392. The van der Waals surface area contributed by atoms with E-state index in [-0.39, 0.29) is 36.7 Å². The van der Waals surface area contributed by atoms with Gasteiger partial charge >= 0.3 is 5.97 Å². The number of nitrogens with two attached hydrogens (primary N) is 1. The summed E-state index contributed by atoms with van der Waals surface area (Å²) in [6.45, 7) is 5.70. The number of esters is 1. The molecule has 0 aliphatic carbocycles. The minimum Gasteiger partial charge on any atom is -0.457 e. The average Bonchev–Trinajstić information content (AvgIpc) is 3.13. The molecule has 0 saturated carbocycles. The SMILES string of the molecule is Cc1cc2nc(C)c(CCC(=O)OCc3nc(N)nc(Nc4ccc(Cl)cc4)n3)c(C)n2n1. The number of rotatable bonds is 7. The Bertz CT molecular complexity index is 1320. The minimum absolute atomic E-state index is 0.0210. The molecule has 0 fully saturated rings. The number of benzene rings is 1. The first kappa shape index (κ1) is 22.4. The number of fused-ring (bicyclic) bond motifs is 1. The number of nitrogens with zero attached hydrogens (tertiary/aromatic N) is 6. The van der Waals surface area contributed by atoms with Gasteiger partial charge in [-0.1, -0.05) is 11.6 Å². The standard InChI is InChI=1S/C22H23ClN8O2/c1-12-10-19-25-13(2)17(14(3)31(19)30-12)8-9-20(32)33-11-18-27-21(24)29-22(28-18)26-16-6-4-15(23)5-7-16/h4-7,10H,8-9,11H2,1-3H3,(H3,24,26,27,28,29). The van der Waals surface area contributed by atoms with Gasteiger partial charge in [0, 0.05) is 34.6 Å². The lowest BCUT2D eigenvalue weighted by molar-refractivity contribution is -0.145. The molecule has 33 heavy (non-hydrogen) atoms. The predicted molar refractivity (Wildman–Crippen MR) is 124 cm³/mol. The van der Waals surface area contributed by atoms with Gasteiger partial charge in [-0.2, -0.15) is 20.1 Å². The summed E-state index contributed by atoms with van der Waals surface area (Å²) in [5.41, 5.74) is 11.0. The highest BCUT2D eigenvalue weighted by atomic mass is 35.5. The van der Waals surface area contributed by atoms with Gasteiger partial charge in [0.05, 0.1) is 5.69 Å². The molecule has 10 nitrogen and oxygen atoms in total. The number of ether oxygens (including phenoxy) is 1. The Morgan fingerprint density at radius 3 is 2.64 bits per heavy atom. The topological polar surface area (TPSA) is 133 Å². The lowest BCUT2D eigenvalue weighted by Gasteiger charge is -2.11. The Kier molecular flexibility index (Phi) is 6.36. The van der Waals surface area contributed by atoms with E-state index in [1.807, 2.05) is 26.8 Å². The van der Waals surface area contributed by atoms with E-state index in [9.17, 15) is 4.79 Å². The van der Waals surface area contributed by atoms with Crippen molar-refractivity contribution in [3.05, 3.63) is 63.8 Å². The molecule has 0 unspecified atom stereocenters. The van der Waals surface area contributed by atoms with Crippen LogP contribution in [0.25, 0.3) is 5.65 Å². The molecular weight excluding hydrogens is 444 g/mol. The molecule has 4 rings (SSSR count). The maximum atomic E-state index is 12.4. The van der Waals surface area contributed by atoms with Gasteiger partial charge in [0.2, 0.25) is 11.9 Å². The van der Waals surface area contributed by atoms with Crippen LogP contribution in [0, 0.1) is 20.8 Å². The molecule has 4 aromatic rings. The number of anilines is 3. The number of nitrogens with one attached hydrogen (secondary N) is 1.